The maximum atomic E-state index is 12.1. The molecule has 1 aromatic heterocycles. The first-order valence-electron chi connectivity index (χ1n) is 7.70. The van der Waals surface area contributed by atoms with Gasteiger partial charge in [-0.3, -0.25) is 4.79 Å². The Morgan fingerprint density at radius 3 is 2.88 bits per heavy atom. The number of rotatable bonds is 5. The minimum absolute atomic E-state index is 0.118. The van der Waals surface area contributed by atoms with E-state index in [0.29, 0.717) is 33.7 Å². The normalized spacial score (nSPS) is 16.8. The van der Waals surface area contributed by atoms with E-state index in [9.17, 15) is 4.79 Å². The van der Waals surface area contributed by atoms with E-state index in [2.05, 4.69) is 15.6 Å². The topological polar surface area (TPSA) is 63.2 Å². The number of nitrogens with one attached hydrogen (secondary N) is 2. The van der Waals surface area contributed by atoms with Gasteiger partial charge < -0.3 is 15.4 Å². The Morgan fingerprint density at radius 1 is 1.29 bits per heavy atom. The smallest absolute Gasteiger partial charge is 0.252 e. The number of ether oxygens (including phenoxy) is 1. The third kappa shape index (κ3) is 4.38. The number of aromatic nitrogens is 1. The molecule has 1 amide bonds. The van der Waals surface area contributed by atoms with Crippen LogP contribution in [0.2, 0.25) is 10.0 Å². The van der Waals surface area contributed by atoms with Crippen LogP contribution in [0.1, 0.15) is 23.2 Å². The van der Waals surface area contributed by atoms with E-state index in [1.54, 1.807) is 30.3 Å². The highest BCUT2D eigenvalue weighted by Crippen LogP contribution is 2.27. The van der Waals surface area contributed by atoms with Gasteiger partial charge in [-0.15, -0.1) is 0 Å². The highest BCUT2D eigenvalue weighted by molar-refractivity contribution is 6.35. The van der Waals surface area contributed by atoms with Crippen LogP contribution in [0.3, 0.4) is 0 Å². The van der Waals surface area contributed by atoms with E-state index >= 15 is 0 Å². The van der Waals surface area contributed by atoms with Gasteiger partial charge in [0.05, 0.1) is 22.4 Å². The molecule has 5 nitrogen and oxygen atoms in total. The average molecular weight is 366 g/mol. The van der Waals surface area contributed by atoms with Crippen LogP contribution < -0.4 is 10.6 Å². The van der Waals surface area contributed by atoms with E-state index in [1.807, 2.05) is 0 Å². The fourth-order valence-electron chi connectivity index (χ4n) is 2.45. The molecule has 0 radical (unpaired) electrons. The van der Waals surface area contributed by atoms with Gasteiger partial charge in [0.2, 0.25) is 0 Å². The van der Waals surface area contributed by atoms with Crippen LogP contribution in [0.15, 0.2) is 36.5 Å². The average Bonchev–Trinajstić information content (AvgIpc) is 3.10. The number of benzene rings is 1. The van der Waals surface area contributed by atoms with Crippen molar-refractivity contribution in [1.29, 1.82) is 0 Å². The summed E-state index contributed by atoms with van der Waals surface area (Å²) in [5.74, 6) is 0.417. The van der Waals surface area contributed by atoms with E-state index < -0.39 is 0 Å². The first-order chi connectivity index (χ1) is 11.6. The van der Waals surface area contributed by atoms with Gasteiger partial charge in [-0.25, -0.2) is 4.98 Å². The molecule has 2 N–H and O–H groups in total. The van der Waals surface area contributed by atoms with E-state index in [0.717, 1.165) is 19.4 Å². The molecule has 7 heteroatoms. The molecule has 2 aromatic rings. The van der Waals surface area contributed by atoms with Gasteiger partial charge in [-0.05, 0) is 43.2 Å². The van der Waals surface area contributed by atoms with Crippen molar-refractivity contribution in [3.63, 3.8) is 0 Å². The molecule has 0 bridgehead atoms. The van der Waals surface area contributed by atoms with E-state index in [4.69, 9.17) is 27.9 Å². The van der Waals surface area contributed by atoms with Crippen LogP contribution in [0, 0.1) is 0 Å². The van der Waals surface area contributed by atoms with Crippen LogP contribution in [0.25, 0.3) is 0 Å². The monoisotopic (exact) mass is 365 g/mol. The number of pyridine rings is 1. The number of carbonyl (C=O) groups excluding carboxylic acids is 1. The Morgan fingerprint density at radius 2 is 2.17 bits per heavy atom. The van der Waals surface area contributed by atoms with Crippen LogP contribution in [0.5, 0.6) is 0 Å². The standard InChI is InChI=1S/C17H17Cl2N3O2/c18-12-4-5-14(19)15(8-12)22-16-6-3-11(9-20-16)17(23)21-10-13-2-1-7-24-13/h3-6,8-9,13H,1-2,7,10H2,(H,20,22)(H,21,23). The zero-order chi connectivity index (χ0) is 16.9. The van der Waals surface area contributed by atoms with Crippen LogP contribution >= 0.6 is 23.2 Å². The largest absolute Gasteiger partial charge is 0.376 e. The summed E-state index contributed by atoms with van der Waals surface area (Å²) in [6.07, 6.45) is 3.68. The van der Waals surface area contributed by atoms with E-state index in [-0.39, 0.29) is 12.0 Å². The second-order valence-electron chi connectivity index (χ2n) is 5.53. The van der Waals surface area contributed by atoms with Crippen molar-refractivity contribution in [2.45, 2.75) is 18.9 Å². The number of hydrogen-bond acceptors (Lipinski definition) is 4. The number of hydrogen-bond donors (Lipinski definition) is 2. The number of halogens is 2. The summed E-state index contributed by atoms with van der Waals surface area (Å²) in [5, 5.41) is 7.06. The highest BCUT2D eigenvalue weighted by Gasteiger charge is 2.16. The molecule has 3 rings (SSSR count). The Labute approximate surface area is 150 Å². The minimum Gasteiger partial charge on any atom is -0.376 e. The molecule has 126 valence electrons. The van der Waals surface area contributed by atoms with Crippen molar-refractivity contribution in [3.8, 4) is 0 Å². The predicted octanol–water partition coefficient (Wildman–Crippen LogP) is 4.04. The van der Waals surface area contributed by atoms with Crippen molar-refractivity contribution in [2.24, 2.45) is 0 Å². The summed E-state index contributed by atoms with van der Waals surface area (Å²) < 4.78 is 5.48. The molecular formula is C17H17Cl2N3O2. The summed E-state index contributed by atoms with van der Waals surface area (Å²) in [4.78, 5) is 16.3. The zero-order valence-corrected chi connectivity index (χ0v) is 14.4. The number of nitrogens with zero attached hydrogens (tertiary/aromatic N) is 1. The summed E-state index contributed by atoms with van der Waals surface area (Å²) in [6, 6.07) is 8.56. The minimum atomic E-state index is -0.162. The van der Waals surface area contributed by atoms with Gasteiger partial charge >= 0.3 is 0 Å². The Kier molecular flexibility index (Phi) is 5.56. The Bertz CT molecular complexity index is 716. The molecule has 1 unspecified atom stereocenters. The molecule has 1 aliphatic rings. The molecule has 0 spiro atoms. The first-order valence-corrected chi connectivity index (χ1v) is 8.45. The van der Waals surface area contributed by atoms with Crippen LogP contribution in [0.4, 0.5) is 11.5 Å². The lowest BCUT2D eigenvalue weighted by molar-refractivity contribution is 0.0857. The number of amides is 1. The lowest BCUT2D eigenvalue weighted by Gasteiger charge is -2.11. The first kappa shape index (κ1) is 17.0. The van der Waals surface area contributed by atoms with Crippen molar-refractivity contribution in [3.05, 3.63) is 52.1 Å². The maximum absolute atomic E-state index is 12.1. The SMILES string of the molecule is O=C(NCC1CCCO1)c1ccc(Nc2cc(Cl)ccc2Cl)nc1. The van der Waals surface area contributed by atoms with Crippen molar-refractivity contribution in [2.75, 3.05) is 18.5 Å². The van der Waals surface area contributed by atoms with Gasteiger partial charge in [-0.2, -0.15) is 0 Å². The molecule has 1 atom stereocenters. The summed E-state index contributed by atoms with van der Waals surface area (Å²) in [7, 11) is 0. The predicted molar refractivity (Wildman–Crippen MR) is 95.3 cm³/mol. The lowest BCUT2D eigenvalue weighted by Crippen LogP contribution is -2.31. The van der Waals surface area contributed by atoms with Gasteiger partial charge in [0.15, 0.2) is 0 Å². The van der Waals surface area contributed by atoms with E-state index in [1.165, 1.54) is 6.20 Å². The molecule has 0 saturated carbocycles. The summed E-state index contributed by atoms with van der Waals surface area (Å²) in [5.41, 5.74) is 1.16. The second-order valence-corrected chi connectivity index (χ2v) is 6.37. The third-order valence-electron chi connectivity index (χ3n) is 3.73. The highest BCUT2D eigenvalue weighted by atomic mass is 35.5. The third-order valence-corrected chi connectivity index (χ3v) is 4.30. The second kappa shape index (κ2) is 7.83. The van der Waals surface area contributed by atoms with Crippen LogP contribution in [-0.2, 0) is 4.74 Å². The fourth-order valence-corrected chi connectivity index (χ4v) is 2.78. The maximum Gasteiger partial charge on any atom is 0.252 e. The van der Waals surface area contributed by atoms with Crippen LogP contribution in [-0.4, -0.2) is 30.1 Å². The molecular weight excluding hydrogens is 349 g/mol. The van der Waals surface area contributed by atoms with Crippen molar-refractivity contribution < 1.29 is 9.53 Å². The molecule has 1 aromatic carbocycles. The van der Waals surface area contributed by atoms with Gasteiger partial charge in [-0.1, -0.05) is 23.2 Å². The number of anilines is 2. The molecule has 1 saturated heterocycles. The molecule has 1 aliphatic heterocycles. The van der Waals surface area contributed by atoms with Crippen molar-refractivity contribution >= 4 is 40.6 Å². The molecule has 0 aliphatic carbocycles. The van der Waals surface area contributed by atoms with Gasteiger partial charge in [0, 0.05) is 24.4 Å². The van der Waals surface area contributed by atoms with Gasteiger partial charge in [0.1, 0.15) is 5.82 Å². The zero-order valence-electron chi connectivity index (χ0n) is 12.9. The number of carbonyl (C=O) groups is 1. The lowest BCUT2D eigenvalue weighted by atomic mass is 10.2. The van der Waals surface area contributed by atoms with Crippen molar-refractivity contribution in [1.82, 2.24) is 10.3 Å². The summed E-state index contributed by atoms with van der Waals surface area (Å²) in [6.45, 7) is 1.30. The fraction of sp³-hybridized carbons (Fsp3) is 0.294. The molecule has 24 heavy (non-hydrogen) atoms. The Balaban J connectivity index is 1.60. The molecule has 1 fully saturated rings. The summed E-state index contributed by atoms with van der Waals surface area (Å²) >= 11 is 12.1. The Hall–Kier alpha value is -1.82. The van der Waals surface area contributed by atoms with Gasteiger partial charge in [0.25, 0.3) is 5.91 Å². The molecule has 2 heterocycles. The quantitative estimate of drug-likeness (QED) is 0.838.